The van der Waals surface area contributed by atoms with Gasteiger partial charge in [0.15, 0.2) is 0 Å². The molecule has 80 valence electrons. The summed E-state index contributed by atoms with van der Waals surface area (Å²) in [6.45, 7) is 0. The van der Waals surface area contributed by atoms with Crippen LogP contribution in [0.3, 0.4) is 0 Å². The van der Waals surface area contributed by atoms with E-state index in [0.717, 1.165) is 5.56 Å². The summed E-state index contributed by atoms with van der Waals surface area (Å²) in [5.74, 6) is 8.03. The highest BCUT2D eigenvalue weighted by atomic mass is 16.5. The highest BCUT2D eigenvalue weighted by molar-refractivity contribution is 5.19. The van der Waals surface area contributed by atoms with Crippen molar-refractivity contribution < 1.29 is 4.74 Å². The summed E-state index contributed by atoms with van der Waals surface area (Å²) < 4.78 is 5.40. The van der Waals surface area contributed by atoms with Crippen LogP contribution in [0.25, 0.3) is 0 Å². The van der Waals surface area contributed by atoms with E-state index in [1.54, 1.807) is 7.11 Å². The summed E-state index contributed by atoms with van der Waals surface area (Å²) in [5.41, 5.74) is 3.75. The number of rotatable bonds is 5. The van der Waals surface area contributed by atoms with Gasteiger partial charge < -0.3 is 4.74 Å². The SMILES string of the molecule is C#CCC(NN)C(OC)c1ccccc1. The molecule has 3 N–H and O–H groups in total. The zero-order chi connectivity index (χ0) is 11.1. The second-order valence-corrected chi connectivity index (χ2v) is 3.25. The second-order valence-electron chi connectivity index (χ2n) is 3.25. The normalized spacial score (nSPS) is 14.2. The summed E-state index contributed by atoms with van der Waals surface area (Å²) in [7, 11) is 1.65. The summed E-state index contributed by atoms with van der Waals surface area (Å²) >= 11 is 0. The molecule has 0 fully saturated rings. The van der Waals surface area contributed by atoms with Gasteiger partial charge in [-0.05, 0) is 5.56 Å². The molecule has 3 heteroatoms. The first-order chi connectivity index (χ1) is 7.33. The Morgan fingerprint density at radius 3 is 2.60 bits per heavy atom. The van der Waals surface area contributed by atoms with Crippen LogP contribution in [0.1, 0.15) is 18.1 Å². The van der Waals surface area contributed by atoms with Crippen LogP contribution in [-0.2, 0) is 4.74 Å². The smallest absolute Gasteiger partial charge is 0.0996 e. The monoisotopic (exact) mass is 204 g/mol. The lowest BCUT2D eigenvalue weighted by molar-refractivity contribution is 0.0694. The Morgan fingerprint density at radius 1 is 1.47 bits per heavy atom. The van der Waals surface area contributed by atoms with Crippen LogP contribution in [0.5, 0.6) is 0 Å². The van der Waals surface area contributed by atoms with Crippen LogP contribution < -0.4 is 11.3 Å². The van der Waals surface area contributed by atoms with Crippen molar-refractivity contribution in [2.45, 2.75) is 18.6 Å². The standard InChI is InChI=1S/C12H16N2O/c1-3-7-11(14-13)12(15-2)10-8-5-4-6-9-10/h1,4-6,8-9,11-12,14H,7,13H2,2H3. The minimum atomic E-state index is -0.118. The van der Waals surface area contributed by atoms with Crippen molar-refractivity contribution in [3.8, 4) is 12.3 Å². The van der Waals surface area contributed by atoms with E-state index in [4.69, 9.17) is 17.0 Å². The van der Waals surface area contributed by atoms with Gasteiger partial charge >= 0.3 is 0 Å². The second kappa shape index (κ2) is 6.20. The van der Waals surface area contributed by atoms with Gasteiger partial charge in [-0.3, -0.25) is 11.3 Å². The highest BCUT2D eigenvalue weighted by Gasteiger charge is 2.20. The fourth-order valence-corrected chi connectivity index (χ4v) is 1.56. The molecular weight excluding hydrogens is 188 g/mol. The number of nitrogens with one attached hydrogen (secondary N) is 1. The van der Waals surface area contributed by atoms with E-state index in [1.165, 1.54) is 0 Å². The molecule has 1 aromatic rings. The fraction of sp³-hybridized carbons (Fsp3) is 0.333. The molecule has 0 spiro atoms. The van der Waals surface area contributed by atoms with Gasteiger partial charge in [0.1, 0.15) is 0 Å². The molecule has 0 saturated heterocycles. The van der Waals surface area contributed by atoms with Gasteiger partial charge in [0.2, 0.25) is 0 Å². The zero-order valence-corrected chi connectivity index (χ0v) is 8.81. The van der Waals surface area contributed by atoms with Gasteiger partial charge in [-0.1, -0.05) is 30.3 Å². The lowest BCUT2D eigenvalue weighted by Crippen LogP contribution is -2.40. The van der Waals surface area contributed by atoms with Crippen molar-refractivity contribution in [3.63, 3.8) is 0 Å². The number of nitrogens with two attached hydrogens (primary N) is 1. The third-order valence-corrected chi connectivity index (χ3v) is 2.30. The van der Waals surface area contributed by atoms with Gasteiger partial charge in [-0.25, -0.2) is 0 Å². The molecule has 0 heterocycles. The van der Waals surface area contributed by atoms with Gasteiger partial charge in [0.05, 0.1) is 12.1 Å². The molecular formula is C12H16N2O. The van der Waals surface area contributed by atoms with E-state index < -0.39 is 0 Å². The van der Waals surface area contributed by atoms with E-state index >= 15 is 0 Å². The first-order valence-electron chi connectivity index (χ1n) is 4.80. The third-order valence-electron chi connectivity index (χ3n) is 2.30. The van der Waals surface area contributed by atoms with E-state index in [-0.39, 0.29) is 12.1 Å². The van der Waals surface area contributed by atoms with Gasteiger partial charge in [0, 0.05) is 13.5 Å². The molecule has 1 aromatic carbocycles. The summed E-state index contributed by atoms with van der Waals surface area (Å²) in [4.78, 5) is 0. The summed E-state index contributed by atoms with van der Waals surface area (Å²) in [6.07, 6.45) is 5.69. The largest absolute Gasteiger partial charge is 0.375 e. The Labute approximate surface area is 90.6 Å². The van der Waals surface area contributed by atoms with Gasteiger partial charge in [-0.2, -0.15) is 0 Å². The Balaban J connectivity index is 2.83. The quantitative estimate of drug-likeness (QED) is 0.431. The van der Waals surface area contributed by atoms with Crippen molar-refractivity contribution in [1.29, 1.82) is 0 Å². The Hall–Kier alpha value is -1.34. The van der Waals surface area contributed by atoms with Crippen LogP contribution in [0.15, 0.2) is 30.3 Å². The van der Waals surface area contributed by atoms with E-state index in [1.807, 2.05) is 30.3 Å². The maximum absolute atomic E-state index is 5.45. The molecule has 0 bridgehead atoms. The van der Waals surface area contributed by atoms with Crippen LogP contribution in [0.2, 0.25) is 0 Å². The number of hydrogen-bond donors (Lipinski definition) is 2. The predicted octanol–water partition coefficient (Wildman–Crippen LogP) is 1.23. The Morgan fingerprint density at radius 2 is 2.13 bits per heavy atom. The number of hydrazine groups is 1. The minimum absolute atomic E-state index is 0.0672. The lowest BCUT2D eigenvalue weighted by Gasteiger charge is -2.24. The number of benzene rings is 1. The molecule has 0 amide bonds. The molecule has 0 radical (unpaired) electrons. The van der Waals surface area contributed by atoms with Gasteiger partial charge in [0.25, 0.3) is 0 Å². The first kappa shape index (κ1) is 11.7. The molecule has 0 aromatic heterocycles. The molecule has 0 saturated carbocycles. The minimum Gasteiger partial charge on any atom is -0.375 e. The fourth-order valence-electron chi connectivity index (χ4n) is 1.56. The molecule has 1 rings (SSSR count). The number of hydrogen-bond acceptors (Lipinski definition) is 3. The maximum Gasteiger partial charge on any atom is 0.0996 e. The number of terminal acetylenes is 1. The van der Waals surface area contributed by atoms with Crippen molar-refractivity contribution in [2.24, 2.45) is 5.84 Å². The molecule has 0 aliphatic heterocycles. The van der Waals surface area contributed by atoms with Crippen LogP contribution in [0.4, 0.5) is 0 Å². The summed E-state index contributed by atoms with van der Waals surface area (Å²) in [5, 5.41) is 0. The predicted molar refractivity (Wildman–Crippen MR) is 60.8 cm³/mol. The first-order valence-corrected chi connectivity index (χ1v) is 4.80. The number of ether oxygens (including phenoxy) is 1. The summed E-state index contributed by atoms with van der Waals surface area (Å²) in [6, 6.07) is 9.81. The lowest BCUT2D eigenvalue weighted by atomic mass is 10.0. The van der Waals surface area contributed by atoms with E-state index in [9.17, 15) is 0 Å². The number of methoxy groups -OCH3 is 1. The molecule has 3 nitrogen and oxygen atoms in total. The van der Waals surface area contributed by atoms with E-state index in [2.05, 4.69) is 11.3 Å². The topological polar surface area (TPSA) is 47.3 Å². The molecule has 0 aliphatic rings. The molecule has 2 unspecified atom stereocenters. The maximum atomic E-state index is 5.45. The third kappa shape index (κ3) is 3.07. The van der Waals surface area contributed by atoms with Crippen molar-refractivity contribution >= 4 is 0 Å². The van der Waals surface area contributed by atoms with Crippen LogP contribution in [-0.4, -0.2) is 13.2 Å². The zero-order valence-electron chi connectivity index (χ0n) is 8.81. The Kier molecular flexibility index (Phi) is 4.85. The average Bonchev–Trinajstić information content (AvgIpc) is 2.30. The van der Waals surface area contributed by atoms with Crippen molar-refractivity contribution in [2.75, 3.05) is 7.11 Å². The average molecular weight is 204 g/mol. The molecule has 0 aliphatic carbocycles. The molecule has 15 heavy (non-hydrogen) atoms. The highest BCUT2D eigenvalue weighted by Crippen LogP contribution is 2.21. The van der Waals surface area contributed by atoms with Crippen molar-refractivity contribution in [1.82, 2.24) is 5.43 Å². The molecule has 2 atom stereocenters. The van der Waals surface area contributed by atoms with E-state index in [0.29, 0.717) is 6.42 Å². The van der Waals surface area contributed by atoms with Crippen LogP contribution in [0, 0.1) is 12.3 Å². The van der Waals surface area contributed by atoms with Gasteiger partial charge in [-0.15, -0.1) is 12.3 Å². The van der Waals surface area contributed by atoms with Crippen molar-refractivity contribution in [3.05, 3.63) is 35.9 Å². The van der Waals surface area contributed by atoms with Crippen LogP contribution >= 0.6 is 0 Å². The Bertz CT molecular complexity index is 318.